The van der Waals surface area contributed by atoms with E-state index in [9.17, 15) is 4.79 Å². The molecule has 0 fully saturated rings. The first-order valence-corrected chi connectivity index (χ1v) is 9.36. The van der Waals surface area contributed by atoms with E-state index >= 15 is 0 Å². The molecule has 0 bridgehead atoms. The third-order valence-corrected chi connectivity index (χ3v) is 5.18. The van der Waals surface area contributed by atoms with E-state index in [0.717, 1.165) is 27.6 Å². The molecule has 0 aliphatic rings. The number of rotatable bonds is 6. The standard InChI is InChI=1S/C21H22N2O2S/c1-14-8-7-11-18(12-14)25-13-19-22-16(3)20(26-19)21(24)23-15(2)17-9-5-4-6-10-17/h4-12,15H,13H2,1-3H3,(H,23,24)/t15-/m1/s1. The van der Waals surface area contributed by atoms with Crippen LogP contribution in [-0.2, 0) is 6.61 Å². The van der Waals surface area contributed by atoms with Gasteiger partial charge in [0.25, 0.3) is 5.91 Å². The average molecular weight is 366 g/mol. The van der Waals surface area contributed by atoms with Gasteiger partial charge >= 0.3 is 0 Å². The molecule has 0 unspecified atom stereocenters. The number of aromatic nitrogens is 1. The second-order valence-corrected chi connectivity index (χ2v) is 7.32. The molecule has 1 amide bonds. The number of nitrogens with zero attached hydrogens (tertiary/aromatic N) is 1. The molecule has 4 nitrogen and oxygen atoms in total. The molecule has 5 heteroatoms. The number of benzene rings is 2. The van der Waals surface area contributed by atoms with Crippen LogP contribution in [0.5, 0.6) is 5.75 Å². The lowest BCUT2D eigenvalue weighted by Gasteiger charge is -2.13. The smallest absolute Gasteiger partial charge is 0.263 e. The van der Waals surface area contributed by atoms with Crippen molar-refractivity contribution in [3.63, 3.8) is 0 Å². The van der Waals surface area contributed by atoms with Gasteiger partial charge in [0.2, 0.25) is 0 Å². The Kier molecular flexibility index (Phi) is 5.68. The molecule has 134 valence electrons. The van der Waals surface area contributed by atoms with Crippen molar-refractivity contribution >= 4 is 17.2 Å². The van der Waals surface area contributed by atoms with Crippen LogP contribution in [0.3, 0.4) is 0 Å². The molecule has 1 N–H and O–H groups in total. The number of hydrogen-bond donors (Lipinski definition) is 1. The number of aryl methyl sites for hydroxylation is 2. The zero-order valence-electron chi connectivity index (χ0n) is 15.2. The van der Waals surface area contributed by atoms with Gasteiger partial charge in [-0.3, -0.25) is 4.79 Å². The molecule has 0 saturated heterocycles. The summed E-state index contributed by atoms with van der Waals surface area (Å²) in [5.74, 6) is 0.708. The van der Waals surface area contributed by atoms with E-state index in [1.165, 1.54) is 11.3 Å². The molecule has 0 saturated carbocycles. The number of nitrogens with one attached hydrogen (secondary N) is 1. The summed E-state index contributed by atoms with van der Waals surface area (Å²) >= 11 is 1.38. The maximum atomic E-state index is 12.6. The van der Waals surface area contributed by atoms with Crippen molar-refractivity contribution in [2.45, 2.75) is 33.4 Å². The fraction of sp³-hybridized carbons (Fsp3) is 0.238. The Hall–Kier alpha value is -2.66. The molecule has 1 atom stereocenters. The SMILES string of the molecule is Cc1cccc(OCc2nc(C)c(C(=O)N[C@H](C)c3ccccc3)s2)c1. The second kappa shape index (κ2) is 8.15. The topological polar surface area (TPSA) is 51.2 Å². The lowest BCUT2D eigenvalue weighted by atomic mass is 10.1. The maximum Gasteiger partial charge on any atom is 0.263 e. The van der Waals surface area contributed by atoms with Crippen molar-refractivity contribution in [1.82, 2.24) is 10.3 Å². The molecule has 0 aliphatic heterocycles. The highest BCUT2D eigenvalue weighted by Gasteiger charge is 2.18. The molecular weight excluding hydrogens is 344 g/mol. The highest BCUT2D eigenvalue weighted by molar-refractivity contribution is 7.13. The van der Waals surface area contributed by atoms with Crippen LogP contribution >= 0.6 is 11.3 Å². The largest absolute Gasteiger partial charge is 0.486 e. The van der Waals surface area contributed by atoms with Gasteiger partial charge in [-0.15, -0.1) is 11.3 Å². The van der Waals surface area contributed by atoms with Gasteiger partial charge in [-0.05, 0) is 44.0 Å². The molecule has 0 spiro atoms. The van der Waals surface area contributed by atoms with Crippen LogP contribution in [-0.4, -0.2) is 10.9 Å². The van der Waals surface area contributed by atoms with Gasteiger partial charge < -0.3 is 10.1 Å². The quantitative estimate of drug-likeness (QED) is 0.680. The first kappa shape index (κ1) is 18.1. The predicted octanol–water partition coefficient (Wildman–Crippen LogP) is 4.83. The summed E-state index contributed by atoms with van der Waals surface area (Å²) < 4.78 is 5.79. The van der Waals surface area contributed by atoms with E-state index in [1.807, 2.05) is 75.4 Å². The van der Waals surface area contributed by atoms with Crippen LogP contribution in [0.1, 0.15) is 44.5 Å². The van der Waals surface area contributed by atoms with Crippen LogP contribution in [0, 0.1) is 13.8 Å². The van der Waals surface area contributed by atoms with Gasteiger partial charge in [0.1, 0.15) is 22.2 Å². The first-order valence-electron chi connectivity index (χ1n) is 8.54. The van der Waals surface area contributed by atoms with E-state index in [4.69, 9.17) is 4.74 Å². The van der Waals surface area contributed by atoms with Crippen LogP contribution in [0.2, 0.25) is 0 Å². The molecule has 3 aromatic rings. The van der Waals surface area contributed by atoms with E-state index < -0.39 is 0 Å². The minimum Gasteiger partial charge on any atom is -0.486 e. The summed E-state index contributed by atoms with van der Waals surface area (Å²) in [5, 5.41) is 3.83. The van der Waals surface area contributed by atoms with Crippen LogP contribution in [0.4, 0.5) is 0 Å². The van der Waals surface area contributed by atoms with Crippen molar-refractivity contribution in [2.75, 3.05) is 0 Å². The number of hydrogen-bond acceptors (Lipinski definition) is 4. The first-order chi connectivity index (χ1) is 12.5. The Labute approximate surface area is 157 Å². The summed E-state index contributed by atoms with van der Waals surface area (Å²) in [7, 11) is 0. The van der Waals surface area contributed by atoms with E-state index in [2.05, 4.69) is 10.3 Å². The minimum absolute atomic E-state index is 0.0582. The molecule has 3 rings (SSSR count). The zero-order chi connectivity index (χ0) is 18.5. The van der Waals surface area contributed by atoms with Crippen molar-refractivity contribution in [1.29, 1.82) is 0 Å². The molecule has 1 heterocycles. The van der Waals surface area contributed by atoms with Crippen molar-refractivity contribution in [2.24, 2.45) is 0 Å². The van der Waals surface area contributed by atoms with Gasteiger partial charge in [0, 0.05) is 0 Å². The maximum absolute atomic E-state index is 12.6. The van der Waals surface area contributed by atoms with Crippen molar-refractivity contribution in [3.8, 4) is 5.75 Å². The highest BCUT2D eigenvalue weighted by Crippen LogP contribution is 2.22. The predicted molar refractivity (Wildman–Crippen MR) is 105 cm³/mol. The number of ether oxygens (including phenoxy) is 1. The average Bonchev–Trinajstić information content (AvgIpc) is 3.01. The van der Waals surface area contributed by atoms with E-state index in [1.54, 1.807) is 0 Å². The van der Waals surface area contributed by atoms with Crippen molar-refractivity contribution < 1.29 is 9.53 Å². The Bertz CT molecular complexity index is 890. The number of thiazole rings is 1. The molecule has 0 aliphatic carbocycles. The lowest BCUT2D eigenvalue weighted by Crippen LogP contribution is -2.26. The normalized spacial score (nSPS) is 11.8. The molecule has 2 aromatic carbocycles. The third kappa shape index (κ3) is 4.49. The number of carbonyl (C=O) groups is 1. The van der Waals surface area contributed by atoms with Crippen LogP contribution in [0.25, 0.3) is 0 Å². The molecule has 1 aromatic heterocycles. The van der Waals surface area contributed by atoms with Gasteiger partial charge in [-0.1, -0.05) is 42.5 Å². The van der Waals surface area contributed by atoms with Crippen LogP contribution < -0.4 is 10.1 Å². The zero-order valence-corrected chi connectivity index (χ0v) is 16.0. The summed E-state index contributed by atoms with van der Waals surface area (Å²) in [4.78, 5) is 17.7. The lowest BCUT2D eigenvalue weighted by molar-refractivity contribution is 0.0943. The van der Waals surface area contributed by atoms with E-state index in [-0.39, 0.29) is 11.9 Å². The third-order valence-electron chi connectivity index (χ3n) is 4.05. The Morgan fingerprint density at radius 3 is 2.65 bits per heavy atom. The summed E-state index contributed by atoms with van der Waals surface area (Å²) in [6.45, 7) is 6.22. The number of carbonyl (C=O) groups excluding carboxylic acids is 1. The van der Waals surface area contributed by atoms with E-state index in [0.29, 0.717) is 11.5 Å². The fourth-order valence-electron chi connectivity index (χ4n) is 2.66. The van der Waals surface area contributed by atoms with Gasteiger partial charge in [0.05, 0.1) is 11.7 Å². The molecular formula is C21H22N2O2S. The van der Waals surface area contributed by atoms with Crippen molar-refractivity contribution in [3.05, 3.63) is 81.3 Å². The minimum atomic E-state index is -0.0989. The summed E-state index contributed by atoms with van der Waals surface area (Å²) in [6, 6.07) is 17.7. The Morgan fingerprint density at radius 2 is 1.92 bits per heavy atom. The summed E-state index contributed by atoms with van der Waals surface area (Å²) in [6.07, 6.45) is 0. The van der Waals surface area contributed by atoms with Gasteiger partial charge in [0.15, 0.2) is 0 Å². The Balaban J connectivity index is 1.64. The van der Waals surface area contributed by atoms with Gasteiger partial charge in [-0.25, -0.2) is 4.98 Å². The van der Waals surface area contributed by atoms with Gasteiger partial charge in [-0.2, -0.15) is 0 Å². The molecule has 26 heavy (non-hydrogen) atoms. The number of amides is 1. The summed E-state index contributed by atoms with van der Waals surface area (Å²) in [5.41, 5.74) is 2.95. The molecule has 0 radical (unpaired) electrons. The fourth-order valence-corrected chi connectivity index (χ4v) is 3.54. The highest BCUT2D eigenvalue weighted by atomic mass is 32.1. The van der Waals surface area contributed by atoms with Crippen LogP contribution in [0.15, 0.2) is 54.6 Å². The second-order valence-electron chi connectivity index (χ2n) is 6.23. The monoisotopic (exact) mass is 366 g/mol. The Morgan fingerprint density at radius 1 is 1.15 bits per heavy atom.